The molecule has 0 aliphatic rings. The number of hydrogen-bond donors (Lipinski definition) is 0. The fourth-order valence-corrected chi connectivity index (χ4v) is 2.38. The van der Waals surface area contributed by atoms with E-state index in [1.54, 1.807) is 20.8 Å². The summed E-state index contributed by atoms with van der Waals surface area (Å²) in [6.45, 7) is 5.37. The molecule has 2 aromatic rings. The number of rotatable bonds is 4. The summed E-state index contributed by atoms with van der Waals surface area (Å²) in [5.74, 6) is -1.00. The summed E-state index contributed by atoms with van der Waals surface area (Å²) in [6, 6.07) is 21.1. The number of benzene rings is 2. The van der Waals surface area contributed by atoms with E-state index in [1.165, 1.54) is 0 Å². The zero-order valence-corrected chi connectivity index (χ0v) is 17.7. The molecule has 0 radical (unpaired) electrons. The minimum atomic E-state index is -0.642. The fourth-order valence-electron chi connectivity index (χ4n) is 2.38. The summed E-state index contributed by atoms with van der Waals surface area (Å²) >= 11 is 0. The molecule has 0 aliphatic heterocycles. The van der Waals surface area contributed by atoms with Crippen LogP contribution in [0.4, 0.5) is 0 Å². The molecule has 0 unspecified atom stereocenters. The molecule has 0 amide bonds. The maximum absolute atomic E-state index is 12.5. The van der Waals surface area contributed by atoms with E-state index in [0.29, 0.717) is 0 Å². The van der Waals surface area contributed by atoms with Gasteiger partial charge < -0.3 is 9.84 Å². The second-order valence-electron chi connectivity index (χ2n) is 6.28. The minimum absolute atomic E-state index is 0. The van der Waals surface area contributed by atoms with Crippen molar-refractivity contribution < 1.29 is 61.2 Å². The zero-order valence-electron chi connectivity index (χ0n) is 14.6. The van der Waals surface area contributed by atoms with Crippen LogP contribution in [0.25, 0.3) is 0 Å². The predicted octanol–water partition coefficient (Wildman–Crippen LogP) is 0.733. The van der Waals surface area contributed by atoms with Crippen LogP contribution in [0.3, 0.4) is 0 Å². The third-order valence-electron chi connectivity index (χ3n) is 3.29. The van der Waals surface area contributed by atoms with Crippen LogP contribution >= 0.6 is 0 Å². The number of nitrogens with zero attached hydrogens (tertiary/aromatic N) is 1. The van der Waals surface area contributed by atoms with Gasteiger partial charge in [0.25, 0.3) is 0 Å². The molecule has 0 aliphatic carbocycles. The SMILES string of the molecule is CC(C)(C)O/C([O-])=C(\C#N)C(c1ccccc1)c1ccccc1.[K+]. The molecule has 0 bridgehead atoms. The molecule has 0 heterocycles. The maximum atomic E-state index is 12.5. The van der Waals surface area contributed by atoms with Gasteiger partial charge in [-0.3, -0.25) is 0 Å². The van der Waals surface area contributed by atoms with Crippen LogP contribution in [0.5, 0.6) is 0 Å². The van der Waals surface area contributed by atoms with Gasteiger partial charge in [-0.25, -0.2) is 0 Å². The first-order valence-corrected chi connectivity index (χ1v) is 7.52. The van der Waals surface area contributed by atoms with Gasteiger partial charge in [-0.05, 0) is 11.1 Å². The first-order chi connectivity index (χ1) is 10.9. The summed E-state index contributed by atoms with van der Waals surface area (Å²) in [6.07, 6.45) is 0. The van der Waals surface area contributed by atoms with E-state index in [0.717, 1.165) is 11.1 Å². The Labute approximate surface area is 186 Å². The summed E-state index contributed by atoms with van der Waals surface area (Å²) in [4.78, 5) is 0. The molecule has 0 aromatic heterocycles. The van der Waals surface area contributed by atoms with Crippen molar-refractivity contribution in [3.05, 3.63) is 83.3 Å². The summed E-state index contributed by atoms with van der Waals surface area (Å²) in [5.41, 5.74) is 1.23. The third-order valence-corrected chi connectivity index (χ3v) is 3.29. The molecule has 118 valence electrons. The molecule has 0 saturated carbocycles. The van der Waals surface area contributed by atoms with Crippen molar-refractivity contribution in [3.63, 3.8) is 0 Å². The second kappa shape index (κ2) is 9.41. The number of hydrogen-bond acceptors (Lipinski definition) is 3. The van der Waals surface area contributed by atoms with E-state index in [2.05, 4.69) is 6.07 Å². The Balaban J connectivity index is 0.00000288. The number of allylic oxidation sites excluding steroid dienone is 1. The smallest absolute Gasteiger partial charge is 0.607 e. The van der Waals surface area contributed by atoms with Gasteiger partial charge in [0.05, 0.1) is 17.6 Å². The zero-order chi connectivity index (χ0) is 16.9. The Morgan fingerprint density at radius 2 is 1.38 bits per heavy atom. The first kappa shape index (κ1) is 21.0. The van der Waals surface area contributed by atoms with E-state index < -0.39 is 17.5 Å². The Morgan fingerprint density at radius 1 is 0.958 bits per heavy atom. The molecule has 2 aromatic carbocycles. The molecule has 0 fully saturated rings. The molecule has 4 heteroatoms. The normalized spacial score (nSPS) is 12.0. The quantitative estimate of drug-likeness (QED) is 0.466. The maximum Gasteiger partial charge on any atom is 1.00 e. The van der Waals surface area contributed by atoms with Crippen molar-refractivity contribution in [1.82, 2.24) is 0 Å². The van der Waals surface area contributed by atoms with E-state index in [9.17, 15) is 10.4 Å². The van der Waals surface area contributed by atoms with Crippen molar-refractivity contribution >= 4 is 0 Å². The van der Waals surface area contributed by atoms with Crippen LogP contribution in [0.15, 0.2) is 72.2 Å². The molecule has 3 nitrogen and oxygen atoms in total. The van der Waals surface area contributed by atoms with Gasteiger partial charge in [0.1, 0.15) is 0 Å². The number of nitriles is 1. The molecular weight excluding hydrogens is 325 g/mol. The van der Waals surface area contributed by atoms with Crippen LogP contribution in [-0.4, -0.2) is 5.60 Å². The van der Waals surface area contributed by atoms with E-state index in [-0.39, 0.29) is 57.0 Å². The third kappa shape index (κ3) is 5.77. The molecule has 0 spiro atoms. The molecule has 0 saturated heterocycles. The van der Waals surface area contributed by atoms with E-state index in [4.69, 9.17) is 4.74 Å². The Hall–Kier alpha value is -1.09. The summed E-state index contributed by atoms with van der Waals surface area (Å²) in [5, 5.41) is 22.1. The van der Waals surface area contributed by atoms with Crippen molar-refractivity contribution in [2.45, 2.75) is 32.3 Å². The van der Waals surface area contributed by atoms with Crippen LogP contribution in [0, 0.1) is 11.3 Å². The van der Waals surface area contributed by atoms with Crippen molar-refractivity contribution in [1.29, 1.82) is 5.26 Å². The second-order valence-corrected chi connectivity index (χ2v) is 6.28. The van der Waals surface area contributed by atoms with Gasteiger partial charge in [-0.15, -0.1) is 0 Å². The van der Waals surface area contributed by atoms with Crippen LogP contribution in [0.1, 0.15) is 37.8 Å². The van der Waals surface area contributed by atoms with Crippen molar-refractivity contribution in [2.75, 3.05) is 0 Å². The molecule has 24 heavy (non-hydrogen) atoms. The van der Waals surface area contributed by atoms with Crippen molar-refractivity contribution in [2.24, 2.45) is 0 Å². The summed E-state index contributed by atoms with van der Waals surface area (Å²) in [7, 11) is 0. The Morgan fingerprint density at radius 3 is 1.71 bits per heavy atom. The van der Waals surface area contributed by atoms with Gasteiger partial charge >= 0.3 is 51.4 Å². The van der Waals surface area contributed by atoms with Gasteiger partial charge in [-0.1, -0.05) is 81.4 Å². The van der Waals surface area contributed by atoms with Crippen LogP contribution in [0.2, 0.25) is 0 Å². The van der Waals surface area contributed by atoms with Gasteiger partial charge in [-0.2, -0.15) is 5.26 Å². The standard InChI is InChI=1S/C20H21NO2.K/c1-20(2,3)23-19(22)17(14-21)18(15-10-6-4-7-11-15)16-12-8-5-9-13-16;/h4-13,18,22H,1-3H3;/q;+1/p-1/b19-17+;. The largest absolute Gasteiger partial charge is 1.00 e. The average Bonchev–Trinajstić information content (AvgIpc) is 2.52. The van der Waals surface area contributed by atoms with E-state index >= 15 is 0 Å². The fraction of sp³-hybridized carbons (Fsp3) is 0.250. The predicted molar refractivity (Wildman–Crippen MR) is 88.2 cm³/mol. The number of ether oxygens (including phenoxy) is 1. The molecule has 2 rings (SSSR count). The van der Waals surface area contributed by atoms with Gasteiger partial charge in [0.15, 0.2) is 0 Å². The van der Waals surface area contributed by atoms with Crippen LogP contribution < -0.4 is 56.5 Å². The average molecular weight is 345 g/mol. The van der Waals surface area contributed by atoms with Crippen LogP contribution in [-0.2, 0) is 4.74 Å². The van der Waals surface area contributed by atoms with Crippen molar-refractivity contribution in [3.8, 4) is 6.07 Å². The monoisotopic (exact) mass is 345 g/mol. The van der Waals surface area contributed by atoms with E-state index in [1.807, 2.05) is 60.7 Å². The molecule has 0 N–H and O–H groups in total. The Bertz CT molecular complexity index is 673. The molecular formula is C20H20KNO2. The Kier molecular flexibility index (Phi) is 8.21. The first-order valence-electron chi connectivity index (χ1n) is 7.52. The topological polar surface area (TPSA) is 56.1 Å². The molecule has 0 atom stereocenters. The summed E-state index contributed by atoms with van der Waals surface area (Å²) < 4.78 is 5.42. The van der Waals surface area contributed by atoms with Gasteiger partial charge in [0, 0.05) is 11.5 Å². The minimum Gasteiger partial charge on any atom is -0.607 e. The van der Waals surface area contributed by atoms with Gasteiger partial charge in [0.2, 0.25) is 0 Å².